The van der Waals surface area contributed by atoms with Crippen molar-refractivity contribution in [2.75, 3.05) is 11.5 Å². The number of hydrogen-bond acceptors (Lipinski definition) is 4. The quantitative estimate of drug-likeness (QED) is 0.416. The molecule has 0 radical (unpaired) electrons. The third-order valence-corrected chi connectivity index (χ3v) is 3.73. The van der Waals surface area contributed by atoms with Crippen molar-refractivity contribution >= 4 is 25.3 Å². The Morgan fingerprint density at radius 3 is 1.26 bits per heavy atom. The Hall–Kier alpha value is -0.741. The van der Waals surface area contributed by atoms with E-state index >= 15 is 0 Å². The van der Waals surface area contributed by atoms with Crippen LogP contribution in [0, 0.1) is 0 Å². The molecule has 0 aliphatic heterocycles. The van der Waals surface area contributed by atoms with Crippen LogP contribution in [0.25, 0.3) is 0 Å². The maximum atomic E-state index is 11.2. The Labute approximate surface area is 160 Å². The van der Waals surface area contributed by atoms with E-state index in [0.29, 0.717) is 12.8 Å². The second-order valence-corrected chi connectivity index (χ2v) is 5.74. The molecule has 5 heteroatoms. The molecule has 23 heavy (non-hydrogen) atoms. The summed E-state index contributed by atoms with van der Waals surface area (Å²) in [6.07, 6.45) is 17.9. The Morgan fingerprint density at radius 2 is 1.00 bits per heavy atom. The zero-order chi connectivity index (χ0) is 16.2. The average Bonchev–Trinajstić information content (AvgIpc) is 3.23. The minimum absolute atomic E-state index is 0. The van der Waals surface area contributed by atoms with Crippen LogP contribution in [0.2, 0.25) is 0 Å². The molecule has 0 aromatic rings. The molecule has 0 aromatic carbocycles. The fourth-order valence-corrected chi connectivity index (χ4v) is 2.20. The van der Waals surface area contributed by atoms with E-state index < -0.39 is 0 Å². The second kappa shape index (κ2) is 13.7. The molecule has 0 atom stereocenters. The van der Waals surface area contributed by atoms with Crippen molar-refractivity contribution in [2.45, 2.75) is 25.7 Å². The van der Waals surface area contributed by atoms with Crippen molar-refractivity contribution < 1.29 is 27.3 Å². The van der Waals surface area contributed by atoms with E-state index in [2.05, 4.69) is 25.3 Å². The van der Waals surface area contributed by atoms with Gasteiger partial charge in [-0.3, -0.25) is 0 Å². The van der Waals surface area contributed by atoms with E-state index in [9.17, 15) is 10.2 Å². The molecule has 2 rings (SSSR count). The SMILES string of the molecule is [Fe+2].[O-]C(CCCS)=C1C=CC=C1.[O-]C(CCCS)=C1C=CC=C1. The Kier molecular flexibility index (Phi) is 13.2. The fraction of sp³-hybridized carbons (Fsp3) is 0.333. The number of allylic oxidation sites excluding steroid dienone is 12. The summed E-state index contributed by atoms with van der Waals surface area (Å²) in [4.78, 5) is 0. The van der Waals surface area contributed by atoms with Gasteiger partial charge in [0.05, 0.1) is 0 Å². The van der Waals surface area contributed by atoms with Crippen molar-refractivity contribution in [3.05, 3.63) is 71.3 Å². The molecule has 0 amide bonds. The van der Waals surface area contributed by atoms with Gasteiger partial charge in [0.25, 0.3) is 0 Å². The summed E-state index contributed by atoms with van der Waals surface area (Å²) >= 11 is 8.08. The van der Waals surface area contributed by atoms with E-state index in [0.717, 1.165) is 35.5 Å². The van der Waals surface area contributed by atoms with E-state index in [1.807, 2.05) is 48.6 Å². The van der Waals surface area contributed by atoms with Crippen LogP contribution >= 0.6 is 25.3 Å². The van der Waals surface area contributed by atoms with Gasteiger partial charge in [-0.15, -0.1) is 11.5 Å². The van der Waals surface area contributed by atoms with Gasteiger partial charge in [0.2, 0.25) is 0 Å². The topological polar surface area (TPSA) is 46.1 Å². The molecule has 2 nitrogen and oxygen atoms in total. The zero-order valence-electron chi connectivity index (χ0n) is 12.9. The summed E-state index contributed by atoms with van der Waals surface area (Å²) in [5.41, 5.74) is 1.65. The summed E-state index contributed by atoms with van der Waals surface area (Å²) in [6.45, 7) is 0. The monoisotopic (exact) mass is 390 g/mol. The van der Waals surface area contributed by atoms with Crippen LogP contribution in [0.1, 0.15) is 25.7 Å². The predicted molar refractivity (Wildman–Crippen MR) is 96.8 cm³/mol. The van der Waals surface area contributed by atoms with Crippen LogP contribution in [0.3, 0.4) is 0 Å². The summed E-state index contributed by atoms with van der Waals surface area (Å²) in [7, 11) is 0. The molecular formula is C18H22FeO2S2. The predicted octanol–water partition coefficient (Wildman–Crippen LogP) is 2.87. The van der Waals surface area contributed by atoms with Crippen molar-refractivity contribution in [2.24, 2.45) is 0 Å². The first kappa shape index (κ1) is 22.3. The first-order chi connectivity index (χ1) is 10.7. The number of rotatable bonds is 6. The summed E-state index contributed by atoms with van der Waals surface area (Å²) < 4.78 is 0. The van der Waals surface area contributed by atoms with Crippen molar-refractivity contribution in [3.8, 4) is 0 Å². The Bertz CT molecular complexity index is 453. The van der Waals surface area contributed by atoms with Gasteiger partial charge in [0.1, 0.15) is 0 Å². The molecule has 0 N–H and O–H groups in total. The van der Waals surface area contributed by atoms with Gasteiger partial charge in [-0.2, -0.15) is 25.3 Å². The second-order valence-electron chi connectivity index (χ2n) is 4.85. The van der Waals surface area contributed by atoms with Gasteiger partial charge in [-0.25, -0.2) is 0 Å². The Balaban J connectivity index is 0.000000403. The molecule has 126 valence electrons. The zero-order valence-corrected chi connectivity index (χ0v) is 15.8. The number of hydrogen-bond donors (Lipinski definition) is 2. The molecule has 0 bridgehead atoms. The summed E-state index contributed by atoms with van der Waals surface area (Å²) in [6, 6.07) is 0. The van der Waals surface area contributed by atoms with Crippen LogP contribution in [-0.2, 0) is 17.1 Å². The first-order valence-corrected chi connectivity index (χ1v) is 8.67. The van der Waals surface area contributed by atoms with E-state index in [1.165, 1.54) is 0 Å². The van der Waals surface area contributed by atoms with Crippen LogP contribution < -0.4 is 10.2 Å². The van der Waals surface area contributed by atoms with Gasteiger partial charge < -0.3 is 10.2 Å². The molecule has 0 aromatic heterocycles. The van der Waals surface area contributed by atoms with Crippen LogP contribution in [0.15, 0.2) is 71.3 Å². The summed E-state index contributed by atoms with van der Waals surface area (Å²) in [5.74, 6) is 2.02. The van der Waals surface area contributed by atoms with Gasteiger partial charge in [-0.05, 0) is 48.3 Å². The van der Waals surface area contributed by atoms with Gasteiger partial charge in [0, 0.05) is 0 Å². The van der Waals surface area contributed by atoms with Gasteiger partial charge in [-0.1, -0.05) is 48.6 Å². The van der Waals surface area contributed by atoms with Crippen molar-refractivity contribution in [3.63, 3.8) is 0 Å². The normalized spacial score (nSPS) is 13.8. The van der Waals surface area contributed by atoms with Crippen LogP contribution in [0.4, 0.5) is 0 Å². The van der Waals surface area contributed by atoms with Crippen LogP contribution in [0.5, 0.6) is 0 Å². The fourth-order valence-electron chi connectivity index (χ4n) is 1.89. The average molecular weight is 390 g/mol. The molecular weight excluding hydrogens is 368 g/mol. The third-order valence-electron chi connectivity index (χ3n) is 3.09. The molecule has 0 fully saturated rings. The van der Waals surface area contributed by atoms with Gasteiger partial charge >= 0.3 is 17.1 Å². The molecule has 0 heterocycles. The summed E-state index contributed by atoms with van der Waals surface area (Å²) in [5, 5.41) is 22.5. The molecule has 0 saturated carbocycles. The van der Waals surface area contributed by atoms with E-state index in [4.69, 9.17) is 0 Å². The van der Waals surface area contributed by atoms with E-state index in [-0.39, 0.29) is 28.6 Å². The maximum Gasteiger partial charge on any atom is 2.00 e. The Morgan fingerprint density at radius 1 is 0.696 bits per heavy atom. The molecule has 2 aliphatic carbocycles. The standard InChI is InChI=1S/2C9H12OS.Fe/c2*10-9(6-3-7-11)8-4-1-2-5-8;/h2*1-2,4-5,10-11H,3,6-7H2;/q;;+2/p-2. The number of thiol groups is 2. The minimum atomic E-state index is 0. The van der Waals surface area contributed by atoms with Crippen LogP contribution in [-0.4, -0.2) is 11.5 Å². The minimum Gasteiger partial charge on any atom is -0.875 e. The molecule has 2 aliphatic rings. The van der Waals surface area contributed by atoms with Crippen molar-refractivity contribution in [1.82, 2.24) is 0 Å². The molecule has 0 spiro atoms. The smallest absolute Gasteiger partial charge is 0.875 e. The van der Waals surface area contributed by atoms with Gasteiger partial charge in [0.15, 0.2) is 0 Å². The van der Waals surface area contributed by atoms with Crippen molar-refractivity contribution in [1.29, 1.82) is 0 Å². The third kappa shape index (κ3) is 9.21. The molecule has 0 unspecified atom stereocenters. The molecule has 0 saturated heterocycles. The maximum absolute atomic E-state index is 11.2. The first-order valence-electron chi connectivity index (χ1n) is 7.40. The van der Waals surface area contributed by atoms with E-state index in [1.54, 1.807) is 0 Å². The largest absolute Gasteiger partial charge is 2.00 e.